The molecule has 0 aliphatic rings. The summed E-state index contributed by atoms with van der Waals surface area (Å²) in [7, 11) is 1.57. The molecular weight excluding hydrogens is 328 g/mol. The summed E-state index contributed by atoms with van der Waals surface area (Å²) in [4.78, 5) is 12.3. The number of halogens is 2. The van der Waals surface area contributed by atoms with Crippen molar-refractivity contribution in [2.45, 2.75) is 19.4 Å². The van der Waals surface area contributed by atoms with Gasteiger partial charge in [-0.3, -0.25) is 4.79 Å². The lowest BCUT2D eigenvalue weighted by atomic mass is 10.1. The van der Waals surface area contributed by atoms with E-state index in [0.29, 0.717) is 17.2 Å². The predicted octanol–water partition coefficient (Wildman–Crippen LogP) is 2.41. The number of carbonyl (C=O) groups is 1. The lowest BCUT2D eigenvalue weighted by Crippen LogP contribution is -2.44. The summed E-state index contributed by atoms with van der Waals surface area (Å²) in [5.74, 6) is 0.537. The number of rotatable bonds is 4. The number of methoxy groups -OCH3 is 1. The monoisotopic (exact) mass is 342 g/mol. The fraction of sp³-hybridized carbons (Fsp3) is 0.500. The van der Waals surface area contributed by atoms with Gasteiger partial charge in [0, 0.05) is 18.2 Å². The summed E-state index contributed by atoms with van der Waals surface area (Å²) in [5, 5.41) is 2.77. The summed E-state index contributed by atoms with van der Waals surface area (Å²) >= 11 is 4.66. The Hall–Kier alpha value is -0.300. The van der Waals surface area contributed by atoms with E-state index in [1.165, 1.54) is 11.3 Å². The fourth-order valence-electron chi connectivity index (χ4n) is 0.998. The number of nitrogens with two attached hydrogens (primary N) is 1. The van der Waals surface area contributed by atoms with Gasteiger partial charge >= 0.3 is 0 Å². The zero-order valence-electron chi connectivity index (χ0n) is 9.87. The molecule has 0 unspecified atom stereocenters. The van der Waals surface area contributed by atoms with Gasteiger partial charge < -0.3 is 15.8 Å². The average Bonchev–Trinajstić information content (AvgIpc) is 2.55. The van der Waals surface area contributed by atoms with Gasteiger partial charge in [-0.1, -0.05) is 0 Å². The van der Waals surface area contributed by atoms with Crippen LogP contribution in [0.15, 0.2) is 9.85 Å². The molecule has 7 heteroatoms. The molecule has 3 N–H and O–H groups in total. The van der Waals surface area contributed by atoms with Crippen LogP contribution < -0.4 is 15.8 Å². The molecule has 98 valence electrons. The minimum atomic E-state index is -0.408. The van der Waals surface area contributed by atoms with Crippen molar-refractivity contribution in [3.8, 4) is 5.75 Å². The van der Waals surface area contributed by atoms with Crippen molar-refractivity contribution < 1.29 is 9.53 Å². The van der Waals surface area contributed by atoms with Crippen LogP contribution in [0.5, 0.6) is 5.75 Å². The van der Waals surface area contributed by atoms with E-state index >= 15 is 0 Å². The maximum Gasteiger partial charge on any atom is 0.261 e. The van der Waals surface area contributed by atoms with E-state index in [4.69, 9.17) is 10.5 Å². The molecule has 1 aromatic rings. The molecule has 1 heterocycles. The first-order valence-corrected chi connectivity index (χ1v) is 6.35. The maximum atomic E-state index is 11.7. The molecule has 0 saturated heterocycles. The first-order valence-electron chi connectivity index (χ1n) is 4.74. The summed E-state index contributed by atoms with van der Waals surface area (Å²) in [5.41, 5.74) is 5.37. The third-order valence-corrected chi connectivity index (χ3v) is 3.58. The van der Waals surface area contributed by atoms with Crippen molar-refractivity contribution in [2.24, 2.45) is 5.73 Å². The zero-order valence-corrected chi connectivity index (χ0v) is 13.1. The second-order valence-electron chi connectivity index (χ2n) is 4.12. The zero-order chi connectivity index (χ0) is 12.3. The standard InChI is InChI=1S/C10H15BrN2O2S.ClH/c1-10(2,12)5-13-9(14)7-4-6(15-3)8(11)16-7;/h4H,5,12H2,1-3H3,(H,13,14);1H. The number of nitrogens with one attached hydrogen (secondary N) is 1. The van der Waals surface area contributed by atoms with E-state index in [-0.39, 0.29) is 18.3 Å². The molecule has 1 rings (SSSR count). The second-order valence-corrected chi connectivity index (χ2v) is 6.49. The van der Waals surface area contributed by atoms with E-state index in [1.54, 1.807) is 13.2 Å². The normalized spacial score (nSPS) is 10.6. The number of carbonyl (C=O) groups excluding carboxylic acids is 1. The van der Waals surface area contributed by atoms with Gasteiger partial charge in [-0.25, -0.2) is 0 Å². The van der Waals surface area contributed by atoms with E-state index in [2.05, 4.69) is 21.2 Å². The largest absolute Gasteiger partial charge is 0.495 e. The van der Waals surface area contributed by atoms with Gasteiger partial charge in [0.2, 0.25) is 0 Å². The number of amides is 1. The molecule has 0 aliphatic heterocycles. The van der Waals surface area contributed by atoms with Crippen LogP contribution in [0.3, 0.4) is 0 Å². The summed E-state index contributed by atoms with van der Waals surface area (Å²) in [6.45, 7) is 4.15. The molecule has 17 heavy (non-hydrogen) atoms. The Labute approximate surface area is 119 Å². The highest BCUT2D eigenvalue weighted by Crippen LogP contribution is 2.34. The van der Waals surface area contributed by atoms with Gasteiger partial charge in [0.05, 0.1) is 12.0 Å². The SMILES string of the molecule is COc1cc(C(=O)NCC(C)(C)N)sc1Br.Cl. The van der Waals surface area contributed by atoms with Crippen LogP contribution >= 0.6 is 39.7 Å². The highest BCUT2D eigenvalue weighted by atomic mass is 79.9. The molecule has 0 fully saturated rings. The lowest BCUT2D eigenvalue weighted by molar-refractivity contribution is 0.0950. The van der Waals surface area contributed by atoms with Crippen LogP contribution in [-0.2, 0) is 0 Å². The Morgan fingerprint density at radius 2 is 2.24 bits per heavy atom. The van der Waals surface area contributed by atoms with Crippen LogP contribution in [0.25, 0.3) is 0 Å². The van der Waals surface area contributed by atoms with Crippen LogP contribution in [-0.4, -0.2) is 25.1 Å². The molecule has 0 aliphatic carbocycles. The van der Waals surface area contributed by atoms with Gasteiger partial charge in [-0.2, -0.15) is 0 Å². The highest BCUT2D eigenvalue weighted by Gasteiger charge is 2.16. The molecule has 0 aromatic carbocycles. The topological polar surface area (TPSA) is 64.3 Å². The molecular formula is C10H16BrClN2O2S. The summed E-state index contributed by atoms with van der Waals surface area (Å²) in [6, 6.07) is 1.70. The molecule has 0 saturated carbocycles. The van der Waals surface area contributed by atoms with Crippen LogP contribution in [0.4, 0.5) is 0 Å². The predicted molar refractivity (Wildman–Crippen MR) is 76.4 cm³/mol. The van der Waals surface area contributed by atoms with E-state index < -0.39 is 5.54 Å². The molecule has 4 nitrogen and oxygen atoms in total. The smallest absolute Gasteiger partial charge is 0.261 e. The Balaban J connectivity index is 0.00000256. The van der Waals surface area contributed by atoms with E-state index in [0.717, 1.165) is 3.79 Å². The first kappa shape index (κ1) is 16.7. The van der Waals surface area contributed by atoms with Crippen LogP contribution in [0.1, 0.15) is 23.5 Å². The molecule has 1 aromatic heterocycles. The highest BCUT2D eigenvalue weighted by molar-refractivity contribution is 9.11. The van der Waals surface area contributed by atoms with Crippen molar-refractivity contribution in [2.75, 3.05) is 13.7 Å². The first-order chi connectivity index (χ1) is 7.33. The number of ether oxygens (including phenoxy) is 1. The molecule has 0 atom stereocenters. The average molecular weight is 344 g/mol. The Kier molecular flexibility index (Phi) is 6.47. The maximum absolute atomic E-state index is 11.7. The third kappa shape index (κ3) is 5.25. The summed E-state index contributed by atoms with van der Waals surface area (Å²) in [6.07, 6.45) is 0. The second kappa shape index (κ2) is 6.58. The van der Waals surface area contributed by atoms with Crippen molar-refractivity contribution in [1.29, 1.82) is 0 Å². The van der Waals surface area contributed by atoms with Crippen LogP contribution in [0.2, 0.25) is 0 Å². The van der Waals surface area contributed by atoms with Crippen LogP contribution in [0, 0.1) is 0 Å². The molecule has 1 amide bonds. The number of hydrogen-bond acceptors (Lipinski definition) is 4. The quantitative estimate of drug-likeness (QED) is 0.882. The number of thiophene rings is 1. The lowest BCUT2D eigenvalue weighted by Gasteiger charge is -2.18. The summed E-state index contributed by atoms with van der Waals surface area (Å²) < 4.78 is 5.89. The Morgan fingerprint density at radius 1 is 1.65 bits per heavy atom. The van der Waals surface area contributed by atoms with Crippen molar-refractivity contribution in [1.82, 2.24) is 5.32 Å². The Bertz CT molecular complexity index is 390. The minimum Gasteiger partial charge on any atom is -0.495 e. The Morgan fingerprint density at radius 3 is 2.65 bits per heavy atom. The third-order valence-electron chi connectivity index (χ3n) is 1.80. The van der Waals surface area contributed by atoms with Crippen molar-refractivity contribution in [3.05, 3.63) is 14.7 Å². The van der Waals surface area contributed by atoms with Gasteiger partial charge in [-0.05, 0) is 29.8 Å². The minimum absolute atomic E-state index is 0. The van der Waals surface area contributed by atoms with Gasteiger partial charge in [0.25, 0.3) is 5.91 Å². The van der Waals surface area contributed by atoms with Crippen molar-refractivity contribution >= 4 is 45.6 Å². The van der Waals surface area contributed by atoms with Gasteiger partial charge in [-0.15, -0.1) is 23.7 Å². The molecule has 0 spiro atoms. The van der Waals surface area contributed by atoms with E-state index in [1.807, 2.05) is 13.8 Å². The van der Waals surface area contributed by atoms with E-state index in [9.17, 15) is 4.79 Å². The molecule has 0 radical (unpaired) electrons. The van der Waals surface area contributed by atoms with Gasteiger partial charge in [0.1, 0.15) is 9.54 Å². The fourth-order valence-corrected chi connectivity index (χ4v) is 2.56. The number of hydrogen-bond donors (Lipinski definition) is 2. The van der Waals surface area contributed by atoms with Crippen molar-refractivity contribution in [3.63, 3.8) is 0 Å². The molecule has 0 bridgehead atoms. The van der Waals surface area contributed by atoms with Gasteiger partial charge in [0.15, 0.2) is 0 Å².